The molecule has 1 heterocycles. The summed E-state index contributed by atoms with van der Waals surface area (Å²) in [5, 5.41) is 4.18. The van der Waals surface area contributed by atoms with Crippen molar-refractivity contribution in [2.45, 2.75) is 32.3 Å². The third-order valence-electron chi connectivity index (χ3n) is 4.96. The van der Waals surface area contributed by atoms with Crippen LogP contribution in [0.3, 0.4) is 0 Å². The lowest BCUT2D eigenvalue weighted by Gasteiger charge is -2.17. The molecule has 29 heavy (non-hydrogen) atoms. The highest BCUT2D eigenvalue weighted by Gasteiger charge is 2.27. The Morgan fingerprint density at radius 3 is 2.76 bits per heavy atom. The molecule has 0 fully saturated rings. The van der Waals surface area contributed by atoms with Gasteiger partial charge in [-0.05, 0) is 56.0 Å². The Morgan fingerprint density at radius 2 is 1.93 bits per heavy atom. The molecule has 148 valence electrons. The summed E-state index contributed by atoms with van der Waals surface area (Å²) in [4.78, 5) is 30.2. The fourth-order valence-electron chi connectivity index (χ4n) is 3.54. The van der Waals surface area contributed by atoms with Gasteiger partial charge in [-0.1, -0.05) is 41.4 Å². The van der Waals surface area contributed by atoms with E-state index in [-0.39, 0.29) is 0 Å². The molecule has 2 aromatic carbocycles. The average Bonchev–Trinajstić information content (AvgIpc) is 3.16. The summed E-state index contributed by atoms with van der Waals surface area (Å²) in [5.74, 6) is -1.01. The number of pyridine rings is 1. The summed E-state index contributed by atoms with van der Waals surface area (Å²) in [6.45, 7) is 1.52. The highest BCUT2D eigenvalue weighted by atomic mass is 35.5. The lowest BCUT2D eigenvalue weighted by Crippen LogP contribution is -2.30. The number of carbonyl (C=O) groups excluding carboxylic acids is 2. The number of halogens is 2. The monoisotopic (exact) mass is 428 g/mol. The molecule has 1 aromatic heterocycles. The quantitative estimate of drug-likeness (QED) is 0.578. The molecule has 1 N–H and O–H groups in total. The smallest absolute Gasteiger partial charge is 0.339 e. The number of rotatable bonds is 4. The molecule has 1 unspecified atom stereocenters. The van der Waals surface area contributed by atoms with Crippen molar-refractivity contribution in [1.29, 1.82) is 0 Å². The fraction of sp³-hybridized carbons (Fsp3) is 0.227. The number of ether oxygens (including phenoxy) is 1. The third kappa shape index (κ3) is 3.93. The molecule has 1 aliphatic carbocycles. The van der Waals surface area contributed by atoms with Gasteiger partial charge in [0.05, 0.1) is 21.8 Å². The minimum Gasteiger partial charge on any atom is -0.449 e. The molecule has 1 aliphatic rings. The zero-order valence-electron chi connectivity index (χ0n) is 15.7. The Bertz CT molecular complexity index is 1130. The van der Waals surface area contributed by atoms with Crippen LogP contribution >= 0.6 is 23.2 Å². The van der Waals surface area contributed by atoms with E-state index in [4.69, 9.17) is 27.9 Å². The van der Waals surface area contributed by atoms with Crippen LogP contribution < -0.4 is 5.32 Å². The van der Waals surface area contributed by atoms with Gasteiger partial charge in [-0.2, -0.15) is 0 Å². The van der Waals surface area contributed by atoms with Crippen molar-refractivity contribution in [2.24, 2.45) is 0 Å². The van der Waals surface area contributed by atoms with Gasteiger partial charge in [0.1, 0.15) is 0 Å². The van der Waals surface area contributed by atoms with Gasteiger partial charge < -0.3 is 10.1 Å². The molecule has 0 saturated heterocycles. The van der Waals surface area contributed by atoms with Crippen molar-refractivity contribution in [3.8, 4) is 0 Å². The van der Waals surface area contributed by atoms with Crippen LogP contribution in [0.5, 0.6) is 0 Å². The van der Waals surface area contributed by atoms with Crippen molar-refractivity contribution in [3.05, 3.63) is 69.3 Å². The van der Waals surface area contributed by atoms with Crippen molar-refractivity contribution in [2.75, 3.05) is 5.32 Å². The van der Waals surface area contributed by atoms with Crippen molar-refractivity contribution in [1.82, 2.24) is 4.98 Å². The Morgan fingerprint density at radius 1 is 1.14 bits per heavy atom. The Hall–Kier alpha value is -2.63. The fourth-order valence-corrected chi connectivity index (χ4v) is 3.88. The van der Waals surface area contributed by atoms with E-state index in [1.165, 1.54) is 6.92 Å². The zero-order valence-corrected chi connectivity index (χ0v) is 17.2. The van der Waals surface area contributed by atoms with Crippen LogP contribution in [-0.2, 0) is 22.4 Å². The third-order valence-corrected chi connectivity index (χ3v) is 5.53. The van der Waals surface area contributed by atoms with Crippen LogP contribution in [0.2, 0.25) is 10.0 Å². The summed E-state index contributed by atoms with van der Waals surface area (Å²) < 4.78 is 5.52. The number of nitrogens with one attached hydrogen (secondary N) is 1. The molecule has 4 rings (SSSR count). The molecule has 7 heteroatoms. The molecule has 0 spiro atoms. The Balaban J connectivity index is 1.58. The van der Waals surface area contributed by atoms with Gasteiger partial charge in [-0.3, -0.25) is 9.78 Å². The number of anilines is 1. The second kappa shape index (κ2) is 8.01. The second-order valence-electron chi connectivity index (χ2n) is 6.94. The summed E-state index contributed by atoms with van der Waals surface area (Å²) in [6, 6.07) is 12.2. The van der Waals surface area contributed by atoms with Crippen LogP contribution in [0, 0.1) is 0 Å². The van der Waals surface area contributed by atoms with Crippen LogP contribution in [0.1, 0.15) is 35.0 Å². The lowest BCUT2D eigenvalue weighted by atomic mass is 10.0. The van der Waals surface area contributed by atoms with Crippen molar-refractivity contribution < 1.29 is 14.3 Å². The first-order chi connectivity index (χ1) is 13.9. The molecule has 5 nitrogen and oxygen atoms in total. The van der Waals surface area contributed by atoms with Gasteiger partial charge in [0.25, 0.3) is 5.91 Å². The predicted octanol–water partition coefficient (Wildman–Crippen LogP) is 5.21. The van der Waals surface area contributed by atoms with Crippen molar-refractivity contribution >= 4 is 51.7 Å². The molecular weight excluding hydrogens is 411 g/mol. The van der Waals surface area contributed by atoms with E-state index < -0.39 is 18.0 Å². The normalized spacial score (nSPS) is 13.8. The predicted molar refractivity (Wildman–Crippen MR) is 114 cm³/mol. The summed E-state index contributed by atoms with van der Waals surface area (Å²) in [6.07, 6.45) is 1.55. The number of esters is 1. The van der Waals surface area contributed by atoms with E-state index in [0.29, 0.717) is 21.3 Å². The maximum absolute atomic E-state index is 13.0. The molecule has 3 aromatic rings. The van der Waals surface area contributed by atoms with Crippen LogP contribution in [0.15, 0.2) is 42.5 Å². The van der Waals surface area contributed by atoms with E-state index >= 15 is 0 Å². The number of fused-ring (bicyclic) bond motifs is 2. The van der Waals surface area contributed by atoms with Crippen LogP contribution in [0.4, 0.5) is 5.69 Å². The molecule has 0 saturated carbocycles. The molecule has 1 amide bonds. The minimum atomic E-state index is -1.01. The van der Waals surface area contributed by atoms with Gasteiger partial charge in [-0.15, -0.1) is 0 Å². The topological polar surface area (TPSA) is 68.3 Å². The number of benzene rings is 2. The number of aryl methyl sites for hydroxylation is 1. The van der Waals surface area contributed by atoms with Gasteiger partial charge in [0, 0.05) is 16.1 Å². The van der Waals surface area contributed by atoms with Crippen LogP contribution in [0.25, 0.3) is 10.9 Å². The number of amides is 1. The number of hydrogen-bond donors (Lipinski definition) is 1. The SMILES string of the molecule is CC(OC(=O)c1c2c(nc3ccccc13)CCC2)C(=O)Nc1cc(Cl)ccc1Cl. The number of nitrogens with zero attached hydrogens (tertiary/aromatic N) is 1. The molecule has 0 aliphatic heterocycles. The highest BCUT2D eigenvalue weighted by molar-refractivity contribution is 6.35. The van der Waals surface area contributed by atoms with E-state index in [2.05, 4.69) is 10.3 Å². The number of carbonyl (C=O) groups is 2. The number of hydrogen-bond acceptors (Lipinski definition) is 4. The number of para-hydroxylation sites is 1. The van der Waals surface area contributed by atoms with Gasteiger partial charge in [-0.25, -0.2) is 4.79 Å². The maximum Gasteiger partial charge on any atom is 0.339 e. The van der Waals surface area contributed by atoms with Crippen LogP contribution in [-0.4, -0.2) is 23.0 Å². The first-order valence-electron chi connectivity index (χ1n) is 9.31. The first-order valence-corrected chi connectivity index (χ1v) is 10.1. The second-order valence-corrected chi connectivity index (χ2v) is 7.79. The van der Waals surface area contributed by atoms with E-state index in [1.807, 2.05) is 24.3 Å². The molecule has 0 radical (unpaired) electrons. The van der Waals surface area contributed by atoms with Crippen molar-refractivity contribution in [3.63, 3.8) is 0 Å². The van der Waals surface area contributed by atoms with E-state index in [1.54, 1.807) is 18.2 Å². The molecular formula is C22H18Cl2N2O3. The minimum absolute atomic E-state index is 0.347. The Labute approximate surface area is 178 Å². The zero-order chi connectivity index (χ0) is 20.5. The van der Waals surface area contributed by atoms with Gasteiger partial charge in [0.15, 0.2) is 6.10 Å². The van der Waals surface area contributed by atoms with Gasteiger partial charge >= 0.3 is 5.97 Å². The molecule has 1 atom stereocenters. The highest BCUT2D eigenvalue weighted by Crippen LogP contribution is 2.31. The van der Waals surface area contributed by atoms with E-state index in [0.717, 1.165) is 41.4 Å². The Kier molecular flexibility index (Phi) is 5.43. The standard InChI is InChI=1S/C22H18Cl2N2O3/c1-12(21(27)26-19-11-13(23)9-10-16(19)24)29-22(28)20-14-5-2-3-7-17(14)25-18-8-4-6-15(18)20/h2-3,5,7,9-12H,4,6,8H2,1H3,(H,26,27). The van der Waals surface area contributed by atoms with E-state index in [9.17, 15) is 9.59 Å². The lowest BCUT2D eigenvalue weighted by molar-refractivity contribution is -0.123. The average molecular weight is 429 g/mol. The summed E-state index contributed by atoms with van der Waals surface area (Å²) in [7, 11) is 0. The molecule has 0 bridgehead atoms. The maximum atomic E-state index is 13.0. The largest absolute Gasteiger partial charge is 0.449 e. The first kappa shape index (κ1) is 19.7. The summed E-state index contributed by atoms with van der Waals surface area (Å²) in [5.41, 5.74) is 3.46. The number of aromatic nitrogens is 1. The summed E-state index contributed by atoms with van der Waals surface area (Å²) >= 11 is 12.0. The van der Waals surface area contributed by atoms with Gasteiger partial charge in [0.2, 0.25) is 0 Å².